The fourth-order valence-electron chi connectivity index (χ4n) is 0.725. The molecule has 0 saturated heterocycles. The van der Waals surface area contributed by atoms with Gasteiger partial charge in [-0.2, -0.15) is 8.78 Å². The maximum absolute atomic E-state index is 11.8. The Hall–Kier alpha value is -1.20. The summed E-state index contributed by atoms with van der Waals surface area (Å²) in [6, 6.07) is -1.08. The number of hydrogen-bond acceptors (Lipinski definition) is 3. The lowest BCUT2D eigenvalue weighted by Crippen LogP contribution is -2.44. The second kappa shape index (κ2) is 5.04. The van der Waals surface area contributed by atoms with Gasteiger partial charge in [-0.05, 0) is 27.7 Å². The van der Waals surface area contributed by atoms with Crippen molar-refractivity contribution in [3.05, 3.63) is 0 Å². The van der Waals surface area contributed by atoms with E-state index in [1.807, 2.05) is 5.32 Å². The summed E-state index contributed by atoms with van der Waals surface area (Å²) in [4.78, 5) is 21.8. The fourth-order valence-corrected chi connectivity index (χ4v) is 0.725. The zero-order valence-electron chi connectivity index (χ0n) is 9.14. The second-order valence-electron chi connectivity index (χ2n) is 4.06. The third-order valence-corrected chi connectivity index (χ3v) is 1.32. The molecule has 0 aromatic heterocycles. The first kappa shape index (κ1) is 13.8. The molecule has 1 amide bonds. The minimum Gasteiger partial charge on any atom is -0.458 e. The third-order valence-electron chi connectivity index (χ3n) is 1.32. The van der Waals surface area contributed by atoms with Crippen LogP contribution in [0.4, 0.5) is 8.78 Å². The predicted octanol–water partition coefficient (Wildman–Crippen LogP) is 1.10. The van der Waals surface area contributed by atoms with Crippen molar-refractivity contribution in [2.24, 2.45) is 0 Å². The normalized spacial score (nSPS) is 13.5. The number of rotatable bonds is 3. The van der Waals surface area contributed by atoms with E-state index >= 15 is 0 Å². The summed E-state index contributed by atoms with van der Waals surface area (Å²) in [5.41, 5.74) is -0.707. The van der Waals surface area contributed by atoms with Gasteiger partial charge in [0.15, 0.2) is 0 Å². The molecule has 1 N–H and O–H groups in total. The van der Waals surface area contributed by atoms with Crippen LogP contribution in [0.15, 0.2) is 0 Å². The highest BCUT2D eigenvalue weighted by atomic mass is 19.3. The molecule has 0 rings (SSSR count). The maximum Gasteiger partial charge on any atom is 0.328 e. The number of esters is 1. The van der Waals surface area contributed by atoms with Gasteiger partial charge in [0.1, 0.15) is 11.6 Å². The van der Waals surface area contributed by atoms with Crippen molar-refractivity contribution in [3.63, 3.8) is 0 Å². The molecule has 0 aliphatic rings. The lowest BCUT2D eigenvalue weighted by molar-refractivity contribution is -0.158. The Balaban J connectivity index is 4.17. The van der Waals surface area contributed by atoms with Crippen LogP contribution >= 0.6 is 0 Å². The molecule has 0 aliphatic carbocycles. The van der Waals surface area contributed by atoms with E-state index in [9.17, 15) is 18.4 Å². The monoisotopic (exact) mass is 223 g/mol. The lowest BCUT2D eigenvalue weighted by Gasteiger charge is -2.22. The minimum atomic E-state index is -3.13. The summed E-state index contributed by atoms with van der Waals surface area (Å²) in [5, 5.41) is 1.84. The van der Waals surface area contributed by atoms with Crippen molar-refractivity contribution in [2.45, 2.75) is 45.8 Å². The summed E-state index contributed by atoms with van der Waals surface area (Å²) in [5.74, 6) is -2.22. The van der Waals surface area contributed by atoms with E-state index in [4.69, 9.17) is 4.74 Å². The molecule has 0 heterocycles. The molecule has 0 aliphatic heterocycles. The van der Waals surface area contributed by atoms with Gasteiger partial charge in [-0.15, -0.1) is 0 Å². The Morgan fingerprint density at radius 3 is 2.07 bits per heavy atom. The zero-order valence-corrected chi connectivity index (χ0v) is 9.14. The third kappa shape index (κ3) is 5.98. The highest BCUT2D eigenvalue weighted by molar-refractivity contribution is 5.85. The molecular formula is C9H15F2NO3. The van der Waals surface area contributed by atoms with E-state index in [-0.39, 0.29) is 0 Å². The Kier molecular flexibility index (Phi) is 4.64. The second-order valence-corrected chi connectivity index (χ2v) is 4.06. The van der Waals surface area contributed by atoms with Crippen LogP contribution in [-0.2, 0) is 14.3 Å². The number of halogens is 2. The van der Waals surface area contributed by atoms with Gasteiger partial charge in [0.05, 0.1) is 0 Å². The number of alkyl halides is 2. The van der Waals surface area contributed by atoms with Gasteiger partial charge < -0.3 is 10.1 Å². The van der Waals surface area contributed by atoms with Crippen molar-refractivity contribution in [1.29, 1.82) is 0 Å². The molecule has 88 valence electrons. The van der Waals surface area contributed by atoms with Gasteiger partial charge in [0.25, 0.3) is 5.91 Å². The molecule has 0 spiro atoms. The number of carbonyl (C=O) groups excluding carboxylic acids is 2. The summed E-state index contributed by atoms with van der Waals surface area (Å²) >= 11 is 0. The number of ether oxygens (including phenoxy) is 1. The molecular weight excluding hydrogens is 208 g/mol. The predicted molar refractivity (Wildman–Crippen MR) is 49.5 cm³/mol. The summed E-state index contributed by atoms with van der Waals surface area (Å²) in [6.07, 6.45) is -3.13. The van der Waals surface area contributed by atoms with Gasteiger partial charge in [-0.25, -0.2) is 4.79 Å². The van der Waals surface area contributed by atoms with Crippen LogP contribution in [0.5, 0.6) is 0 Å². The quantitative estimate of drug-likeness (QED) is 0.729. The van der Waals surface area contributed by atoms with E-state index in [1.165, 1.54) is 6.92 Å². The van der Waals surface area contributed by atoms with Crippen LogP contribution in [0.3, 0.4) is 0 Å². The Bertz CT molecular complexity index is 248. The molecule has 0 aromatic rings. The van der Waals surface area contributed by atoms with Gasteiger partial charge in [-0.3, -0.25) is 4.79 Å². The largest absolute Gasteiger partial charge is 0.458 e. The topological polar surface area (TPSA) is 55.4 Å². The smallest absolute Gasteiger partial charge is 0.328 e. The fraction of sp³-hybridized carbons (Fsp3) is 0.778. The van der Waals surface area contributed by atoms with Crippen molar-refractivity contribution >= 4 is 11.9 Å². The maximum atomic E-state index is 11.8. The molecule has 0 unspecified atom stereocenters. The molecule has 6 heteroatoms. The molecule has 15 heavy (non-hydrogen) atoms. The molecule has 1 atom stereocenters. The molecule has 0 fully saturated rings. The van der Waals surface area contributed by atoms with E-state index in [2.05, 4.69) is 0 Å². The van der Waals surface area contributed by atoms with E-state index in [1.54, 1.807) is 20.8 Å². The van der Waals surface area contributed by atoms with Gasteiger partial charge >= 0.3 is 12.4 Å². The lowest BCUT2D eigenvalue weighted by atomic mass is 10.2. The number of carbonyl (C=O) groups is 2. The van der Waals surface area contributed by atoms with Crippen LogP contribution < -0.4 is 5.32 Å². The van der Waals surface area contributed by atoms with E-state index in [0.717, 1.165) is 0 Å². The van der Waals surface area contributed by atoms with Crippen LogP contribution in [0.25, 0.3) is 0 Å². The number of nitrogens with one attached hydrogen (secondary N) is 1. The Labute approximate surface area is 87.0 Å². The van der Waals surface area contributed by atoms with Crippen LogP contribution in [0.2, 0.25) is 0 Å². The van der Waals surface area contributed by atoms with Crippen molar-refractivity contribution in [3.8, 4) is 0 Å². The first-order chi connectivity index (χ1) is 6.63. The summed E-state index contributed by atoms with van der Waals surface area (Å²) < 4.78 is 28.5. The molecule has 0 radical (unpaired) electrons. The minimum absolute atomic E-state index is 0.707. The standard InChI is InChI=1S/C9H15F2NO3/c1-5(12-7(13)6(10)11)8(14)15-9(2,3)4/h5-6H,1-4H3,(H,12,13)/t5-/m1/s1. The SMILES string of the molecule is C[C@@H](NC(=O)C(F)F)C(=O)OC(C)(C)C. The van der Waals surface area contributed by atoms with Crippen molar-refractivity contribution in [1.82, 2.24) is 5.32 Å². The highest BCUT2D eigenvalue weighted by Crippen LogP contribution is 2.08. The Morgan fingerprint density at radius 1 is 1.27 bits per heavy atom. The molecule has 4 nitrogen and oxygen atoms in total. The molecule has 0 saturated carbocycles. The van der Waals surface area contributed by atoms with Crippen LogP contribution in [0, 0.1) is 0 Å². The molecule has 0 bridgehead atoms. The molecule has 0 aromatic carbocycles. The summed E-state index contributed by atoms with van der Waals surface area (Å²) in [7, 11) is 0. The zero-order chi connectivity index (χ0) is 12.2. The van der Waals surface area contributed by atoms with Crippen LogP contribution in [-0.4, -0.2) is 29.9 Å². The van der Waals surface area contributed by atoms with Gasteiger partial charge in [-0.1, -0.05) is 0 Å². The van der Waals surface area contributed by atoms with E-state index < -0.39 is 29.9 Å². The average Bonchev–Trinajstić information content (AvgIpc) is 2.00. The van der Waals surface area contributed by atoms with Gasteiger partial charge in [0, 0.05) is 0 Å². The summed E-state index contributed by atoms with van der Waals surface area (Å²) in [6.45, 7) is 6.22. The van der Waals surface area contributed by atoms with Crippen LogP contribution in [0.1, 0.15) is 27.7 Å². The first-order valence-electron chi connectivity index (χ1n) is 4.45. The first-order valence-corrected chi connectivity index (χ1v) is 4.45. The van der Waals surface area contributed by atoms with Crippen molar-refractivity contribution < 1.29 is 23.1 Å². The van der Waals surface area contributed by atoms with Gasteiger partial charge in [0.2, 0.25) is 0 Å². The highest BCUT2D eigenvalue weighted by Gasteiger charge is 2.25. The van der Waals surface area contributed by atoms with Crippen molar-refractivity contribution in [2.75, 3.05) is 0 Å². The van der Waals surface area contributed by atoms with E-state index in [0.29, 0.717) is 0 Å². The average molecular weight is 223 g/mol. The Morgan fingerprint density at radius 2 is 1.73 bits per heavy atom. The number of amides is 1. The number of hydrogen-bond donors (Lipinski definition) is 1.